The Balaban J connectivity index is 2.20. The highest BCUT2D eigenvalue weighted by molar-refractivity contribution is 7.06. The average Bonchev–Trinajstić information content (AvgIpc) is 3.12. The van der Waals surface area contributed by atoms with Crippen LogP contribution in [-0.4, -0.2) is 19.1 Å². The SMILES string of the molecule is CCc1nc(-c2cnsc2C)n(-c2ccc(C)c(C(F)(F)F)c2)n1. The first kappa shape index (κ1) is 16.6. The number of benzene rings is 1. The molecule has 0 aliphatic heterocycles. The first-order chi connectivity index (χ1) is 11.3. The van der Waals surface area contributed by atoms with E-state index in [0.29, 0.717) is 23.8 Å². The van der Waals surface area contributed by atoms with Gasteiger partial charge in [0.1, 0.15) is 0 Å². The van der Waals surface area contributed by atoms with Gasteiger partial charge in [-0.15, -0.1) is 0 Å². The maximum Gasteiger partial charge on any atom is 0.416 e. The summed E-state index contributed by atoms with van der Waals surface area (Å²) in [4.78, 5) is 5.40. The van der Waals surface area contributed by atoms with Gasteiger partial charge in [-0.1, -0.05) is 13.0 Å². The van der Waals surface area contributed by atoms with E-state index in [9.17, 15) is 13.2 Å². The van der Waals surface area contributed by atoms with Crippen LogP contribution in [0, 0.1) is 13.8 Å². The summed E-state index contributed by atoms with van der Waals surface area (Å²) in [5, 5.41) is 4.36. The second-order valence-electron chi connectivity index (χ2n) is 5.41. The minimum Gasteiger partial charge on any atom is -0.213 e. The zero-order valence-electron chi connectivity index (χ0n) is 13.3. The molecule has 1 aromatic carbocycles. The van der Waals surface area contributed by atoms with Crippen molar-refractivity contribution in [2.24, 2.45) is 0 Å². The van der Waals surface area contributed by atoms with E-state index in [4.69, 9.17) is 0 Å². The lowest BCUT2D eigenvalue weighted by atomic mass is 10.1. The molecule has 24 heavy (non-hydrogen) atoms. The lowest BCUT2D eigenvalue weighted by Gasteiger charge is -2.13. The van der Waals surface area contributed by atoms with Crippen molar-refractivity contribution in [3.8, 4) is 17.1 Å². The van der Waals surface area contributed by atoms with Gasteiger partial charge in [-0.2, -0.15) is 18.3 Å². The predicted molar refractivity (Wildman–Crippen MR) is 86.3 cm³/mol. The van der Waals surface area contributed by atoms with Crippen molar-refractivity contribution < 1.29 is 13.2 Å². The standard InChI is InChI=1S/C16H15F3N4S/c1-4-14-21-15(12-8-20-24-10(12)3)23(22-14)11-6-5-9(2)13(7-11)16(17,18)19/h5-8H,4H2,1-3H3. The van der Waals surface area contributed by atoms with Gasteiger partial charge in [0.25, 0.3) is 0 Å². The number of hydrogen-bond acceptors (Lipinski definition) is 4. The Kier molecular flexibility index (Phi) is 4.16. The lowest BCUT2D eigenvalue weighted by molar-refractivity contribution is -0.138. The van der Waals surface area contributed by atoms with E-state index in [1.165, 1.54) is 29.2 Å². The summed E-state index contributed by atoms with van der Waals surface area (Å²) in [5.41, 5.74) is 0.624. The molecule has 0 fully saturated rings. The fourth-order valence-electron chi connectivity index (χ4n) is 2.42. The fraction of sp³-hybridized carbons (Fsp3) is 0.312. The van der Waals surface area contributed by atoms with Crippen molar-refractivity contribution in [3.05, 3.63) is 46.2 Å². The first-order valence-corrected chi connectivity index (χ1v) is 8.14. The fourth-order valence-corrected chi connectivity index (χ4v) is 2.98. The lowest BCUT2D eigenvalue weighted by Crippen LogP contribution is -2.09. The van der Waals surface area contributed by atoms with E-state index in [0.717, 1.165) is 16.5 Å². The summed E-state index contributed by atoms with van der Waals surface area (Å²) in [5.74, 6) is 1.08. The topological polar surface area (TPSA) is 43.6 Å². The van der Waals surface area contributed by atoms with Gasteiger partial charge in [0.05, 0.1) is 23.0 Å². The Morgan fingerprint density at radius 1 is 1.21 bits per heavy atom. The Hall–Kier alpha value is -2.22. The van der Waals surface area contributed by atoms with Crippen molar-refractivity contribution in [3.63, 3.8) is 0 Å². The van der Waals surface area contributed by atoms with Gasteiger partial charge in [-0.3, -0.25) is 0 Å². The molecule has 0 saturated heterocycles. The number of hydrogen-bond donors (Lipinski definition) is 0. The molecule has 0 aliphatic rings. The van der Waals surface area contributed by atoms with Crippen molar-refractivity contribution in [1.29, 1.82) is 0 Å². The Labute approximate surface area is 141 Å². The van der Waals surface area contributed by atoms with E-state index in [-0.39, 0.29) is 5.56 Å². The van der Waals surface area contributed by atoms with Gasteiger partial charge >= 0.3 is 6.18 Å². The number of halogens is 3. The van der Waals surface area contributed by atoms with Gasteiger partial charge < -0.3 is 0 Å². The molecule has 0 amide bonds. The maximum atomic E-state index is 13.2. The van der Waals surface area contributed by atoms with E-state index in [1.54, 1.807) is 12.3 Å². The molecular weight excluding hydrogens is 337 g/mol. The molecular formula is C16H15F3N4S. The van der Waals surface area contributed by atoms with E-state index in [1.807, 2.05) is 13.8 Å². The molecule has 0 radical (unpaired) electrons. The van der Waals surface area contributed by atoms with Gasteiger partial charge in [0, 0.05) is 11.3 Å². The minimum absolute atomic E-state index is 0.178. The van der Waals surface area contributed by atoms with Crippen LogP contribution in [0.1, 0.15) is 28.8 Å². The zero-order chi connectivity index (χ0) is 17.5. The monoisotopic (exact) mass is 352 g/mol. The average molecular weight is 352 g/mol. The van der Waals surface area contributed by atoms with E-state index in [2.05, 4.69) is 14.5 Å². The molecule has 8 heteroatoms. The molecule has 3 aromatic rings. The van der Waals surface area contributed by atoms with Crippen LogP contribution in [0.2, 0.25) is 0 Å². The van der Waals surface area contributed by atoms with E-state index >= 15 is 0 Å². The molecule has 2 heterocycles. The van der Waals surface area contributed by atoms with Crippen molar-refractivity contribution in [1.82, 2.24) is 19.1 Å². The third-order valence-electron chi connectivity index (χ3n) is 3.73. The summed E-state index contributed by atoms with van der Waals surface area (Å²) in [6.45, 7) is 5.24. The highest BCUT2D eigenvalue weighted by Gasteiger charge is 2.33. The van der Waals surface area contributed by atoms with Gasteiger partial charge in [0.2, 0.25) is 0 Å². The van der Waals surface area contributed by atoms with Gasteiger partial charge in [-0.05, 0) is 43.1 Å². The second-order valence-corrected chi connectivity index (χ2v) is 6.42. The summed E-state index contributed by atoms with van der Waals surface area (Å²) in [6, 6.07) is 4.19. The molecule has 0 N–H and O–H groups in total. The number of aryl methyl sites for hydroxylation is 3. The van der Waals surface area contributed by atoms with Crippen LogP contribution in [0.25, 0.3) is 17.1 Å². The quantitative estimate of drug-likeness (QED) is 0.692. The smallest absolute Gasteiger partial charge is 0.213 e. The maximum absolute atomic E-state index is 13.2. The van der Waals surface area contributed by atoms with Crippen molar-refractivity contribution in [2.45, 2.75) is 33.4 Å². The normalized spacial score (nSPS) is 11.9. The molecule has 0 atom stereocenters. The van der Waals surface area contributed by atoms with Crippen molar-refractivity contribution in [2.75, 3.05) is 0 Å². The molecule has 0 aliphatic carbocycles. The van der Waals surface area contributed by atoms with Crippen LogP contribution in [-0.2, 0) is 12.6 Å². The largest absolute Gasteiger partial charge is 0.416 e. The number of aromatic nitrogens is 4. The van der Waals surface area contributed by atoms with Crippen LogP contribution < -0.4 is 0 Å². The summed E-state index contributed by atoms with van der Waals surface area (Å²) in [7, 11) is 0. The van der Waals surface area contributed by atoms with E-state index < -0.39 is 11.7 Å². The minimum atomic E-state index is -4.41. The molecule has 2 aromatic heterocycles. The van der Waals surface area contributed by atoms with Crippen molar-refractivity contribution >= 4 is 11.5 Å². The number of nitrogens with zero attached hydrogens (tertiary/aromatic N) is 4. The zero-order valence-corrected chi connectivity index (χ0v) is 14.2. The van der Waals surface area contributed by atoms with Crippen LogP contribution in [0.4, 0.5) is 13.2 Å². The first-order valence-electron chi connectivity index (χ1n) is 7.37. The van der Waals surface area contributed by atoms with Gasteiger partial charge in [-0.25, -0.2) is 14.0 Å². The van der Waals surface area contributed by atoms with Crippen LogP contribution in [0.15, 0.2) is 24.4 Å². The second kappa shape index (κ2) is 6.01. The summed E-state index contributed by atoms with van der Waals surface area (Å²) >= 11 is 1.32. The molecule has 0 spiro atoms. The van der Waals surface area contributed by atoms with Crippen LogP contribution in [0.3, 0.4) is 0 Å². The molecule has 126 valence electrons. The number of alkyl halides is 3. The highest BCUT2D eigenvalue weighted by atomic mass is 32.1. The Morgan fingerprint density at radius 2 is 1.96 bits per heavy atom. The molecule has 0 saturated carbocycles. The summed E-state index contributed by atoms with van der Waals surface area (Å²) < 4.78 is 45.2. The third-order valence-corrected chi connectivity index (χ3v) is 4.43. The van der Waals surface area contributed by atoms with Crippen LogP contribution >= 0.6 is 11.5 Å². The van der Waals surface area contributed by atoms with Crippen LogP contribution in [0.5, 0.6) is 0 Å². The predicted octanol–water partition coefficient (Wildman–Crippen LogP) is 4.59. The summed E-state index contributed by atoms with van der Waals surface area (Å²) in [6.07, 6.45) is -2.15. The Morgan fingerprint density at radius 3 is 2.54 bits per heavy atom. The Bertz CT molecular complexity index is 880. The molecule has 0 bridgehead atoms. The number of rotatable bonds is 3. The highest BCUT2D eigenvalue weighted by Crippen LogP contribution is 2.34. The molecule has 3 rings (SSSR count). The molecule has 0 unspecified atom stereocenters. The third kappa shape index (κ3) is 2.93. The van der Waals surface area contributed by atoms with Gasteiger partial charge in [0.15, 0.2) is 11.6 Å². The molecule has 4 nitrogen and oxygen atoms in total.